The van der Waals surface area contributed by atoms with E-state index in [9.17, 15) is 4.79 Å². The molecule has 8 heteroatoms. The van der Waals surface area contributed by atoms with Crippen LogP contribution in [0.1, 0.15) is 40.2 Å². The predicted molar refractivity (Wildman–Crippen MR) is 133 cm³/mol. The zero-order valence-corrected chi connectivity index (χ0v) is 20.3. The zero-order valence-electron chi connectivity index (χ0n) is 19.5. The quantitative estimate of drug-likeness (QED) is 0.314. The van der Waals surface area contributed by atoms with Crippen molar-refractivity contribution in [2.24, 2.45) is 0 Å². The van der Waals surface area contributed by atoms with Crippen molar-refractivity contribution in [1.82, 2.24) is 20.1 Å². The molecular weight excluding hydrogens is 448 g/mol. The summed E-state index contributed by atoms with van der Waals surface area (Å²) in [6.45, 7) is 5.03. The van der Waals surface area contributed by atoms with Crippen molar-refractivity contribution in [1.29, 1.82) is 0 Å². The number of rotatable bonds is 10. The number of aromatic nitrogens is 3. The Morgan fingerprint density at radius 1 is 1.12 bits per heavy atom. The van der Waals surface area contributed by atoms with Crippen LogP contribution in [0.4, 0.5) is 0 Å². The normalized spacial score (nSPS) is 12.0. The van der Waals surface area contributed by atoms with E-state index >= 15 is 0 Å². The Labute approximate surface area is 203 Å². The van der Waals surface area contributed by atoms with Crippen molar-refractivity contribution in [3.05, 3.63) is 89.4 Å². The van der Waals surface area contributed by atoms with Crippen LogP contribution in [0.5, 0.6) is 0 Å². The number of ether oxygens (including phenoxy) is 1. The summed E-state index contributed by atoms with van der Waals surface area (Å²) in [6.07, 6.45) is 1.59. The van der Waals surface area contributed by atoms with Crippen LogP contribution in [0.15, 0.2) is 76.5 Å². The number of nitrogens with one attached hydrogen (secondary N) is 1. The van der Waals surface area contributed by atoms with Crippen molar-refractivity contribution in [2.75, 3.05) is 13.7 Å². The summed E-state index contributed by atoms with van der Waals surface area (Å²) in [6, 6.07) is 19.6. The average Bonchev–Trinajstić information content (AvgIpc) is 3.52. The van der Waals surface area contributed by atoms with Crippen molar-refractivity contribution >= 4 is 17.7 Å². The molecule has 0 aliphatic rings. The third kappa shape index (κ3) is 5.58. The Morgan fingerprint density at radius 2 is 1.91 bits per heavy atom. The number of thioether (sulfide) groups is 1. The third-order valence-electron chi connectivity index (χ3n) is 5.44. The molecule has 0 spiro atoms. The summed E-state index contributed by atoms with van der Waals surface area (Å²) in [5.41, 5.74) is 3.76. The van der Waals surface area contributed by atoms with Gasteiger partial charge in [-0.3, -0.25) is 9.36 Å². The Bertz CT molecular complexity index is 1220. The molecule has 176 valence electrons. The molecular formula is C26H28N4O3S. The number of nitrogens with zero attached hydrogens (tertiary/aromatic N) is 3. The SMILES string of the molecule is COCC(C)n1c(SCc2ccccc2C(=O)NCc2ccco2)nnc1-c1ccc(C)cc1. The predicted octanol–water partition coefficient (Wildman–Crippen LogP) is 5.28. The van der Waals surface area contributed by atoms with Gasteiger partial charge in [-0.15, -0.1) is 10.2 Å². The molecule has 0 saturated carbocycles. The summed E-state index contributed by atoms with van der Waals surface area (Å²) in [5.74, 6) is 1.96. The van der Waals surface area contributed by atoms with Gasteiger partial charge >= 0.3 is 0 Å². The number of methoxy groups -OCH3 is 1. The lowest BCUT2D eigenvalue weighted by Gasteiger charge is -2.17. The van der Waals surface area contributed by atoms with Crippen LogP contribution in [0.3, 0.4) is 0 Å². The molecule has 34 heavy (non-hydrogen) atoms. The van der Waals surface area contributed by atoms with Crippen LogP contribution < -0.4 is 5.32 Å². The summed E-state index contributed by atoms with van der Waals surface area (Å²) in [5, 5.41) is 12.7. The standard InChI is InChI=1S/C26H28N4O3S/c1-18-10-12-20(13-11-18)24-28-29-26(30(24)19(2)16-32-3)34-17-21-7-4-5-9-23(21)25(31)27-15-22-8-6-14-33-22/h4-14,19H,15-17H2,1-3H3,(H,27,31). The van der Waals surface area contributed by atoms with Crippen LogP contribution in [-0.4, -0.2) is 34.4 Å². The Hall–Kier alpha value is -3.36. The molecule has 7 nitrogen and oxygen atoms in total. The van der Waals surface area contributed by atoms with Crippen LogP contribution in [0, 0.1) is 6.92 Å². The van der Waals surface area contributed by atoms with Gasteiger partial charge in [0.1, 0.15) is 5.76 Å². The first-order valence-electron chi connectivity index (χ1n) is 11.1. The summed E-state index contributed by atoms with van der Waals surface area (Å²) in [4.78, 5) is 12.8. The number of hydrogen-bond acceptors (Lipinski definition) is 6. The van der Waals surface area contributed by atoms with Crippen LogP contribution in [0.2, 0.25) is 0 Å². The summed E-state index contributed by atoms with van der Waals surface area (Å²) >= 11 is 1.56. The van der Waals surface area contributed by atoms with E-state index < -0.39 is 0 Å². The van der Waals surface area contributed by atoms with E-state index in [0.29, 0.717) is 30.2 Å². The highest BCUT2D eigenvalue weighted by Gasteiger charge is 2.20. The van der Waals surface area contributed by atoms with Crippen molar-refractivity contribution < 1.29 is 13.9 Å². The highest BCUT2D eigenvalue weighted by atomic mass is 32.2. The zero-order chi connectivity index (χ0) is 23.9. The topological polar surface area (TPSA) is 82.2 Å². The van der Waals surface area contributed by atoms with Gasteiger partial charge in [0.25, 0.3) is 5.91 Å². The fourth-order valence-electron chi connectivity index (χ4n) is 3.67. The highest BCUT2D eigenvalue weighted by molar-refractivity contribution is 7.98. The fraction of sp³-hybridized carbons (Fsp3) is 0.269. The first-order valence-corrected chi connectivity index (χ1v) is 12.1. The van der Waals surface area contributed by atoms with E-state index in [1.807, 2.05) is 30.3 Å². The number of aryl methyl sites for hydroxylation is 1. The maximum Gasteiger partial charge on any atom is 0.251 e. The van der Waals surface area contributed by atoms with Gasteiger partial charge < -0.3 is 14.5 Å². The van der Waals surface area contributed by atoms with E-state index in [2.05, 4.69) is 58.2 Å². The molecule has 1 unspecified atom stereocenters. The molecule has 1 atom stereocenters. The van der Waals surface area contributed by atoms with Crippen molar-refractivity contribution in [3.8, 4) is 11.4 Å². The smallest absolute Gasteiger partial charge is 0.251 e. The molecule has 0 bridgehead atoms. The van der Waals surface area contributed by atoms with E-state index in [0.717, 1.165) is 22.1 Å². The van der Waals surface area contributed by atoms with Crippen molar-refractivity contribution in [3.63, 3.8) is 0 Å². The molecule has 4 aromatic rings. The van der Waals surface area contributed by atoms with Gasteiger partial charge in [0.2, 0.25) is 0 Å². The van der Waals surface area contributed by atoms with Crippen LogP contribution in [-0.2, 0) is 17.0 Å². The van der Waals surface area contributed by atoms with Gasteiger partial charge in [-0.1, -0.05) is 59.8 Å². The number of hydrogen-bond donors (Lipinski definition) is 1. The van der Waals surface area contributed by atoms with Gasteiger partial charge in [-0.05, 0) is 37.6 Å². The Morgan fingerprint density at radius 3 is 2.65 bits per heavy atom. The second-order valence-electron chi connectivity index (χ2n) is 8.05. The first-order chi connectivity index (χ1) is 16.6. The largest absolute Gasteiger partial charge is 0.467 e. The van der Waals surface area contributed by atoms with Crippen LogP contribution in [0.25, 0.3) is 11.4 Å². The minimum atomic E-state index is -0.137. The molecule has 2 aromatic carbocycles. The fourth-order valence-corrected chi connectivity index (χ4v) is 4.71. The number of benzene rings is 2. The van der Waals surface area contributed by atoms with Gasteiger partial charge in [0, 0.05) is 24.0 Å². The number of carbonyl (C=O) groups is 1. The number of furan rings is 1. The molecule has 2 aromatic heterocycles. The van der Waals surface area contributed by atoms with Gasteiger partial charge in [0.05, 0.1) is 25.5 Å². The van der Waals surface area contributed by atoms with Gasteiger partial charge in [-0.25, -0.2) is 0 Å². The second kappa shape index (κ2) is 11.2. The van der Waals surface area contributed by atoms with E-state index in [-0.39, 0.29) is 11.9 Å². The van der Waals surface area contributed by atoms with E-state index in [4.69, 9.17) is 9.15 Å². The van der Waals surface area contributed by atoms with E-state index in [1.165, 1.54) is 5.56 Å². The third-order valence-corrected chi connectivity index (χ3v) is 6.44. The van der Waals surface area contributed by atoms with Crippen molar-refractivity contribution in [2.45, 2.75) is 37.3 Å². The molecule has 1 amide bonds. The summed E-state index contributed by atoms with van der Waals surface area (Å²) in [7, 11) is 1.69. The molecule has 0 aliphatic heterocycles. The molecule has 2 heterocycles. The molecule has 0 saturated heterocycles. The monoisotopic (exact) mass is 476 g/mol. The molecule has 0 aliphatic carbocycles. The minimum Gasteiger partial charge on any atom is -0.467 e. The minimum absolute atomic E-state index is 0.0469. The number of carbonyl (C=O) groups excluding carboxylic acids is 1. The van der Waals surface area contributed by atoms with Gasteiger partial charge in [-0.2, -0.15) is 0 Å². The maximum absolute atomic E-state index is 12.8. The molecule has 0 fully saturated rings. The summed E-state index contributed by atoms with van der Waals surface area (Å²) < 4.78 is 12.8. The van der Waals surface area contributed by atoms with E-state index in [1.54, 1.807) is 31.2 Å². The Kier molecular flexibility index (Phi) is 7.82. The molecule has 1 N–H and O–H groups in total. The lowest BCUT2D eigenvalue weighted by molar-refractivity contribution is 0.0947. The average molecular weight is 477 g/mol. The molecule has 4 rings (SSSR count). The lowest BCUT2D eigenvalue weighted by atomic mass is 10.1. The first kappa shape index (κ1) is 23.8. The molecule has 0 radical (unpaired) electrons. The second-order valence-corrected chi connectivity index (χ2v) is 9.00. The lowest BCUT2D eigenvalue weighted by Crippen LogP contribution is -2.23. The maximum atomic E-state index is 12.8. The Balaban J connectivity index is 1.54. The van der Waals surface area contributed by atoms with Crippen LogP contribution >= 0.6 is 11.8 Å². The highest BCUT2D eigenvalue weighted by Crippen LogP contribution is 2.30. The van der Waals surface area contributed by atoms with Gasteiger partial charge in [0.15, 0.2) is 11.0 Å². The number of amides is 1.